The van der Waals surface area contributed by atoms with Crippen molar-refractivity contribution in [2.75, 3.05) is 13.2 Å². The van der Waals surface area contributed by atoms with Crippen LogP contribution < -0.4 is 21.9 Å². The van der Waals surface area contributed by atoms with Crippen LogP contribution in [-0.2, 0) is 20.9 Å². The van der Waals surface area contributed by atoms with E-state index in [-0.39, 0.29) is 5.92 Å². The minimum atomic E-state index is -0.864. The molecule has 10 nitrogen and oxygen atoms in total. The van der Waals surface area contributed by atoms with Crippen LogP contribution in [0.25, 0.3) is 0 Å². The van der Waals surface area contributed by atoms with Crippen molar-refractivity contribution in [3.8, 4) is 0 Å². The van der Waals surface area contributed by atoms with Crippen LogP contribution in [0, 0.1) is 5.92 Å². The summed E-state index contributed by atoms with van der Waals surface area (Å²) in [4.78, 5) is 58.4. The van der Waals surface area contributed by atoms with Gasteiger partial charge in [0.1, 0.15) is 6.54 Å². The Hall–Kier alpha value is -2.91. The summed E-state index contributed by atoms with van der Waals surface area (Å²) < 4.78 is 5.55. The molecule has 0 saturated heterocycles. The first-order chi connectivity index (χ1) is 10.8. The van der Waals surface area contributed by atoms with Gasteiger partial charge in [0.15, 0.2) is 6.61 Å². The molecule has 0 unspecified atom stereocenters. The van der Waals surface area contributed by atoms with E-state index in [1.54, 1.807) is 0 Å². The first-order valence-electron chi connectivity index (χ1n) is 6.81. The zero-order valence-electron chi connectivity index (χ0n) is 12.8. The number of carbonyl (C=O) groups excluding carboxylic acids is 3. The number of H-pyrrole nitrogens is 1. The summed E-state index contributed by atoms with van der Waals surface area (Å²) in [6.45, 7) is 3.05. The lowest BCUT2D eigenvalue weighted by molar-refractivity contribution is -0.148. The Morgan fingerprint density at radius 1 is 1.30 bits per heavy atom. The summed E-state index contributed by atoms with van der Waals surface area (Å²) in [5.41, 5.74) is -1.36. The maximum atomic E-state index is 11.5. The molecule has 1 aromatic heterocycles. The lowest BCUT2D eigenvalue weighted by Gasteiger charge is -2.09. The molecular formula is C13H18N4O6. The molecule has 3 amide bonds. The standard InChI is InChI=1S/C13H18N4O6/c1-8(2)5-14-12(21)15-10(19)7-23-11(20)6-17-4-3-9(18)16-13(17)22/h3-4,8H,5-7H2,1-2H3,(H,16,18,22)(H2,14,15,19,21). The average Bonchev–Trinajstić information content (AvgIpc) is 2.46. The Bertz CT molecular complexity index is 690. The molecule has 0 bridgehead atoms. The third-order valence-electron chi connectivity index (χ3n) is 2.48. The van der Waals surface area contributed by atoms with Gasteiger partial charge in [0, 0.05) is 18.8 Å². The van der Waals surface area contributed by atoms with Crippen LogP contribution in [0.2, 0.25) is 0 Å². The average molecular weight is 326 g/mol. The number of hydrogen-bond donors (Lipinski definition) is 3. The predicted molar refractivity (Wildman–Crippen MR) is 78.7 cm³/mol. The van der Waals surface area contributed by atoms with Gasteiger partial charge in [-0.1, -0.05) is 13.8 Å². The van der Waals surface area contributed by atoms with E-state index in [0.717, 1.165) is 16.8 Å². The van der Waals surface area contributed by atoms with Crippen molar-refractivity contribution in [1.29, 1.82) is 0 Å². The highest BCUT2D eigenvalue weighted by molar-refractivity contribution is 5.95. The molecule has 0 aliphatic carbocycles. The summed E-state index contributed by atoms with van der Waals surface area (Å²) >= 11 is 0. The van der Waals surface area contributed by atoms with Crippen molar-refractivity contribution in [1.82, 2.24) is 20.2 Å². The van der Waals surface area contributed by atoms with E-state index in [4.69, 9.17) is 0 Å². The number of aromatic nitrogens is 2. The molecule has 1 aromatic rings. The van der Waals surface area contributed by atoms with Crippen molar-refractivity contribution in [3.05, 3.63) is 33.1 Å². The molecule has 23 heavy (non-hydrogen) atoms. The second-order valence-corrected chi connectivity index (χ2v) is 5.05. The molecule has 0 aliphatic heterocycles. The summed E-state index contributed by atoms with van der Waals surface area (Å²) in [6, 6.07) is 0.386. The highest BCUT2D eigenvalue weighted by Gasteiger charge is 2.12. The Balaban J connectivity index is 2.38. The van der Waals surface area contributed by atoms with Crippen LogP contribution in [0.5, 0.6) is 0 Å². The quantitative estimate of drug-likeness (QED) is 0.547. The topological polar surface area (TPSA) is 139 Å². The third-order valence-corrected chi connectivity index (χ3v) is 2.48. The fourth-order valence-electron chi connectivity index (χ4n) is 1.40. The first kappa shape index (κ1) is 18.1. The van der Waals surface area contributed by atoms with Gasteiger partial charge in [-0.15, -0.1) is 0 Å². The molecule has 1 heterocycles. The van der Waals surface area contributed by atoms with E-state index in [0.29, 0.717) is 6.54 Å². The largest absolute Gasteiger partial charge is 0.454 e. The first-order valence-corrected chi connectivity index (χ1v) is 6.81. The van der Waals surface area contributed by atoms with Crippen molar-refractivity contribution in [3.63, 3.8) is 0 Å². The fourth-order valence-corrected chi connectivity index (χ4v) is 1.40. The van der Waals surface area contributed by atoms with Gasteiger partial charge in [-0.2, -0.15) is 0 Å². The van der Waals surface area contributed by atoms with Crippen LogP contribution in [0.1, 0.15) is 13.8 Å². The number of carbonyl (C=O) groups is 3. The number of nitrogens with zero attached hydrogens (tertiary/aromatic N) is 1. The van der Waals surface area contributed by atoms with Crippen LogP contribution in [-0.4, -0.2) is 40.6 Å². The lowest BCUT2D eigenvalue weighted by Crippen LogP contribution is -2.42. The lowest BCUT2D eigenvalue weighted by atomic mass is 10.2. The van der Waals surface area contributed by atoms with E-state index in [1.807, 2.05) is 24.1 Å². The molecule has 0 aromatic carbocycles. The van der Waals surface area contributed by atoms with E-state index >= 15 is 0 Å². The Kier molecular flexibility index (Phi) is 6.71. The van der Waals surface area contributed by atoms with Crippen molar-refractivity contribution in [2.45, 2.75) is 20.4 Å². The SMILES string of the molecule is CC(C)CNC(=O)NC(=O)COC(=O)Cn1ccc(=O)[nH]c1=O. The van der Waals surface area contributed by atoms with Crippen molar-refractivity contribution in [2.24, 2.45) is 5.92 Å². The van der Waals surface area contributed by atoms with E-state index < -0.39 is 42.3 Å². The Labute approximate surface area is 130 Å². The van der Waals surface area contributed by atoms with Gasteiger partial charge in [0.25, 0.3) is 11.5 Å². The number of amides is 3. The van der Waals surface area contributed by atoms with Crippen molar-refractivity contribution < 1.29 is 19.1 Å². The molecule has 1 rings (SSSR count). The highest BCUT2D eigenvalue weighted by atomic mass is 16.5. The summed E-state index contributed by atoms with van der Waals surface area (Å²) in [7, 11) is 0. The number of rotatable bonds is 6. The van der Waals surface area contributed by atoms with Gasteiger partial charge < -0.3 is 10.1 Å². The van der Waals surface area contributed by atoms with Gasteiger partial charge >= 0.3 is 17.7 Å². The van der Waals surface area contributed by atoms with Crippen LogP contribution in [0.4, 0.5) is 4.79 Å². The van der Waals surface area contributed by atoms with Crippen LogP contribution >= 0.6 is 0 Å². The number of urea groups is 1. The molecule has 0 atom stereocenters. The number of ether oxygens (including phenoxy) is 1. The monoisotopic (exact) mass is 326 g/mol. The molecule has 0 spiro atoms. The highest BCUT2D eigenvalue weighted by Crippen LogP contribution is 1.87. The predicted octanol–water partition coefficient (Wildman–Crippen LogP) is -1.44. The molecule has 0 aliphatic rings. The summed E-state index contributed by atoms with van der Waals surface area (Å²) in [5.74, 6) is -1.44. The number of nitrogens with one attached hydrogen (secondary N) is 3. The van der Waals surface area contributed by atoms with Crippen molar-refractivity contribution >= 4 is 17.9 Å². The van der Waals surface area contributed by atoms with E-state index in [9.17, 15) is 24.0 Å². The molecule has 0 fully saturated rings. The fraction of sp³-hybridized carbons (Fsp3) is 0.462. The third kappa shape index (κ3) is 7.07. The van der Waals surface area contributed by atoms with Gasteiger partial charge in [-0.3, -0.25) is 29.3 Å². The molecule has 10 heteroatoms. The number of esters is 1. The zero-order chi connectivity index (χ0) is 17.4. The van der Waals surface area contributed by atoms with Crippen LogP contribution in [0.15, 0.2) is 21.9 Å². The second-order valence-electron chi connectivity index (χ2n) is 5.05. The minimum Gasteiger partial charge on any atom is -0.454 e. The van der Waals surface area contributed by atoms with Gasteiger partial charge in [0.2, 0.25) is 0 Å². The zero-order valence-corrected chi connectivity index (χ0v) is 12.8. The molecule has 0 saturated carbocycles. The molecular weight excluding hydrogens is 308 g/mol. The van der Waals surface area contributed by atoms with Crippen LogP contribution in [0.3, 0.4) is 0 Å². The Morgan fingerprint density at radius 3 is 2.61 bits per heavy atom. The maximum Gasteiger partial charge on any atom is 0.328 e. The molecule has 3 N–H and O–H groups in total. The van der Waals surface area contributed by atoms with Gasteiger partial charge in [-0.25, -0.2) is 9.59 Å². The number of imide groups is 1. The van der Waals surface area contributed by atoms with Gasteiger partial charge in [0.05, 0.1) is 0 Å². The Morgan fingerprint density at radius 2 is 2.00 bits per heavy atom. The van der Waals surface area contributed by atoms with E-state index in [2.05, 4.69) is 10.1 Å². The molecule has 0 radical (unpaired) electrons. The normalized spacial score (nSPS) is 10.2. The smallest absolute Gasteiger partial charge is 0.328 e. The number of aromatic amines is 1. The number of hydrogen-bond acceptors (Lipinski definition) is 6. The van der Waals surface area contributed by atoms with E-state index in [1.165, 1.54) is 0 Å². The minimum absolute atomic E-state index is 0.226. The summed E-state index contributed by atoms with van der Waals surface area (Å²) in [6.07, 6.45) is 1.13. The van der Waals surface area contributed by atoms with Gasteiger partial charge in [-0.05, 0) is 5.92 Å². The maximum absolute atomic E-state index is 11.5. The summed E-state index contributed by atoms with van der Waals surface area (Å²) in [5, 5.41) is 4.45. The molecule has 126 valence electrons. The second kappa shape index (κ2) is 8.51.